The summed E-state index contributed by atoms with van der Waals surface area (Å²) in [7, 11) is -3.98. The van der Waals surface area contributed by atoms with Crippen molar-refractivity contribution in [1.82, 2.24) is 4.31 Å². The minimum atomic E-state index is -3.98. The van der Waals surface area contributed by atoms with E-state index in [2.05, 4.69) is 0 Å². The standard InChI is InChI=1S/C33H28Cl2N2O6S/c1-3-42-33(39)31-22(2)37(26-7-5-4-6-8-26)32(38)30(31)19-27-15-16-28(43-27)21-36(20-23-9-11-24(34)12-10-23)44(40,41)29-17-13-25(35)14-18-29/h4-19H,3,20-21H2,1-2H3/b30-19+. The predicted octanol–water partition coefficient (Wildman–Crippen LogP) is 7.24. The van der Waals surface area contributed by atoms with Gasteiger partial charge in [-0.25, -0.2) is 13.2 Å². The summed E-state index contributed by atoms with van der Waals surface area (Å²) in [4.78, 5) is 28.1. The number of sulfonamides is 1. The summed E-state index contributed by atoms with van der Waals surface area (Å²) in [5, 5.41) is 0.944. The maximum atomic E-state index is 13.7. The zero-order chi connectivity index (χ0) is 31.4. The first kappa shape index (κ1) is 31.3. The molecule has 4 aromatic rings. The van der Waals surface area contributed by atoms with Gasteiger partial charge in [0.15, 0.2) is 0 Å². The number of para-hydroxylation sites is 1. The molecule has 0 radical (unpaired) electrons. The number of hydrogen-bond acceptors (Lipinski definition) is 6. The average Bonchev–Trinajstić information content (AvgIpc) is 3.55. The second kappa shape index (κ2) is 13.2. The number of carbonyl (C=O) groups excluding carboxylic acids is 2. The van der Waals surface area contributed by atoms with Crippen molar-refractivity contribution >= 4 is 56.9 Å². The van der Waals surface area contributed by atoms with E-state index < -0.39 is 21.9 Å². The molecular formula is C33H28Cl2N2O6S. The van der Waals surface area contributed by atoms with Crippen molar-refractivity contribution in [3.8, 4) is 0 Å². The number of rotatable bonds is 10. The number of ether oxygens (including phenoxy) is 1. The van der Waals surface area contributed by atoms with Gasteiger partial charge in [0.2, 0.25) is 10.0 Å². The van der Waals surface area contributed by atoms with Gasteiger partial charge < -0.3 is 9.15 Å². The van der Waals surface area contributed by atoms with Gasteiger partial charge in [-0.15, -0.1) is 0 Å². The normalized spacial score (nSPS) is 14.6. The number of anilines is 1. The first-order valence-corrected chi connectivity index (χ1v) is 15.9. The molecule has 2 heterocycles. The Morgan fingerprint density at radius 3 is 2.18 bits per heavy atom. The number of carbonyl (C=O) groups is 2. The van der Waals surface area contributed by atoms with Crippen LogP contribution in [0.4, 0.5) is 5.69 Å². The molecule has 3 aromatic carbocycles. The molecule has 0 spiro atoms. The lowest BCUT2D eigenvalue weighted by Crippen LogP contribution is -2.30. The molecule has 1 aromatic heterocycles. The Morgan fingerprint density at radius 1 is 0.909 bits per heavy atom. The van der Waals surface area contributed by atoms with E-state index in [1.54, 1.807) is 74.5 Å². The molecular weight excluding hydrogens is 623 g/mol. The molecule has 44 heavy (non-hydrogen) atoms. The molecule has 5 rings (SSSR count). The van der Waals surface area contributed by atoms with E-state index in [0.29, 0.717) is 27.2 Å². The van der Waals surface area contributed by atoms with Gasteiger partial charge in [0.1, 0.15) is 11.5 Å². The monoisotopic (exact) mass is 650 g/mol. The minimum absolute atomic E-state index is 0.0404. The molecule has 0 fully saturated rings. The summed E-state index contributed by atoms with van der Waals surface area (Å²) >= 11 is 12.0. The highest BCUT2D eigenvalue weighted by Crippen LogP contribution is 2.36. The number of hydrogen-bond donors (Lipinski definition) is 0. The first-order chi connectivity index (χ1) is 21.1. The Morgan fingerprint density at radius 2 is 1.55 bits per heavy atom. The lowest BCUT2D eigenvalue weighted by molar-refractivity contribution is -0.138. The Bertz CT molecular complexity index is 1850. The maximum absolute atomic E-state index is 13.7. The topological polar surface area (TPSA) is 97.1 Å². The molecule has 8 nitrogen and oxygen atoms in total. The van der Waals surface area contributed by atoms with E-state index in [0.717, 1.165) is 5.56 Å². The fourth-order valence-electron chi connectivity index (χ4n) is 4.82. The van der Waals surface area contributed by atoms with Crippen LogP contribution in [-0.4, -0.2) is 31.2 Å². The molecule has 0 unspecified atom stereocenters. The lowest BCUT2D eigenvalue weighted by atomic mass is 10.1. The summed E-state index contributed by atoms with van der Waals surface area (Å²) in [6.07, 6.45) is 1.47. The molecule has 226 valence electrons. The van der Waals surface area contributed by atoms with Crippen molar-refractivity contribution in [3.63, 3.8) is 0 Å². The first-order valence-electron chi connectivity index (χ1n) is 13.7. The maximum Gasteiger partial charge on any atom is 0.340 e. The van der Waals surface area contributed by atoms with Gasteiger partial charge in [0.25, 0.3) is 5.91 Å². The SMILES string of the molecule is CCOC(=O)C1=C(C)N(c2ccccc2)C(=O)/C1=C/c1ccc(CN(Cc2ccc(Cl)cc2)S(=O)(=O)c2ccc(Cl)cc2)o1. The van der Waals surface area contributed by atoms with Crippen LogP contribution in [0.5, 0.6) is 0 Å². The van der Waals surface area contributed by atoms with Gasteiger partial charge in [0, 0.05) is 28.0 Å². The molecule has 1 aliphatic heterocycles. The summed E-state index contributed by atoms with van der Waals surface area (Å²) in [5.41, 5.74) is 2.00. The quantitative estimate of drug-likeness (QED) is 0.133. The highest BCUT2D eigenvalue weighted by Gasteiger charge is 2.38. The molecule has 1 amide bonds. The van der Waals surface area contributed by atoms with Crippen LogP contribution >= 0.6 is 23.2 Å². The second-order valence-electron chi connectivity index (χ2n) is 9.87. The zero-order valence-corrected chi connectivity index (χ0v) is 26.2. The second-order valence-corrected chi connectivity index (χ2v) is 12.7. The molecule has 0 aliphatic carbocycles. The van der Waals surface area contributed by atoms with Crippen molar-refractivity contribution in [1.29, 1.82) is 0 Å². The van der Waals surface area contributed by atoms with Crippen LogP contribution < -0.4 is 4.90 Å². The fraction of sp³-hybridized carbons (Fsp3) is 0.152. The van der Waals surface area contributed by atoms with Gasteiger partial charge >= 0.3 is 5.97 Å². The van der Waals surface area contributed by atoms with E-state index >= 15 is 0 Å². The number of esters is 1. The molecule has 1 aliphatic rings. The number of furan rings is 1. The minimum Gasteiger partial charge on any atom is -0.462 e. The van der Waals surface area contributed by atoms with Crippen LogP contribution in [-0.2, 0) is 37.4 Å². The van der Waals surface area contributed by atoms with E-state index in [1.807, 2.05) is 6.07 Å². The van der Waals surface area contributed by atoms with Crippen LogP contribution in [0.15, 0.2) is 117 Å². The highest BCUT2D eigenvalue weighted by atomic mass is 35.5. The predicted molar refractivity (Wildman–Crippen MR) is 169 cm³/mol. The Kier molecular flexibility index (Phi) is 9.41. The summed E-state index contributed by atoms with van der Waals surface area (Å²) in [6.45, 7) is 3.44. The third-order valence-corrected chi connectivity index (χ3v) is 9.23. The molecule has 0 N–H and O–H groups in total. The van der Waals surface area contributed by atoms with Gasteiger partial charge in [0.05, 0.1) is 29.2 Å². The summed E-state index contributed by atoms with van der Waals surface area (Å²) in [5.74, 6) is -0.447. The number of allylic oxidation sites excluding steroid dienone is 1. The number of amides is 1. The van der Waals surface area contributed by atoms with Crippen LogP contribution in [0.3, 0.4) is 0 Å². The van der Waals surface area contributed by atoms with E-state index in [-0.39, 0.29) is 41.5 Å². The van der Waals surface area contributed by atoms with Gasteiger partial charge in [-0.05, 0) is 86.2 Å². The van der Waals surface area contributed by atoms with Gasteiger partial charge in [-0.1, -0.05) is 53.5 Å². The smallest absolute Gasteiger partial charge is 0.340 e. The zero-order valence-electron chi connectivity index (χ0n) is 23.9. The lowest BCUT2D eigenvalue weighted by Gasteiger charge is -2.21. The van der Waals surface area contributed by atoms with Crippen molar-refractivity contribution in [2.24, 2.45) is 0 Å². The Hall–Kier alpha value is -4.15. The Labute approximate surface area is 265 Å². The van der Waals surface area contributed by atoms with Crippen molar-refractivity contribution in [3.05, 3.63) is 135 Å². The number of halogens is 2. The molecule has 0 atom stereocenters. The average molecular weight is 652 g/mol. The van der Waals surface area contributed by atoms with Crippen LogP contribution in [0, 0.1) is 0 Å². The number of nitrogens with zero attached hydrogens (tertiary/aromatic N) is 2. The third-order valence-electron chi connectivity index (χ3n) is 6.92. The van der Waals surface area contributed by atoms with Crippen molar-refractivity contribution < 1.29 is 27.2 Å². The van der Waals surface area contributed by atoms with E-state index in [4.69, 9.17) is 32.4 Å². The largest absolute Gasteiger partial charge is 0.462 e. The number of benzene rings is 3. The highest BCUT2D eigenvalue weighted by molar-refractivity contribution is 7.89. The fourth-order valence-corrected chi connectivity index (χ4v) is 6.46. The summed E-state index contributed by atoms with van der Waals surface area (Å²) < 4.78 is 40.0. The molecule has 0 saturated heterocycles. The molecule has 0 bridgehead atoms. The van der Waals surface area contributed by atoms with E-state index in [9.17, 15) is 18.0 Å². The van der Waals surface area contributed by atoms with Crippen LogP contribution in [0.25, 0.3) is 6.08 Å². The van der Waals surface area contributed by atoms with Crippen molar-refractivity contribution in [2.45, 2.75) is 31.8 Å². The third kappa shape index (κ3) is 6.66. The van der Waals surface area contributed by atoms with E-state index in [1.165, 1.54) is 39.5 Å². The van der Waals surface area contributed by atoms with Gasteiger partial charge in [-0.2, -0.15) is 4.31 Å². The van der Waals surface area contributed by atoms with Crippen LogP contribution in [0.2, 0.25) is 10.0 Å². The molecule has 11 heteroatoms. The van der Waals surface area contributed by atoms with Crippen LogP contribution in [0.1, 0.15) is 30.9 Å². The van der Waals surface area contributed by atoms with Crippen molar-refractivity contribution in [2.75, 3.05) is 11.5 Å². The Balaban J connectivity index is 1.48. The van der Waals surface area contributed by atoms with Gasteiger partial charge in [-0.3, -0.25) is 9.69 Å². The summed E-state index contributed by atoms with van der Waals surface area (Å²) in [6, 6.07) is 25.0. The molecule has 0 saturated carbocycles.